The number of nitrogen functional groups attached to an aromatic ring is 1. The number of amidine groups is 1. The Bertz CT molecular complexity index is 616. The maximum Gasteiger partial charge on any atom is 0.145 e. The molecule has 0 aliphatic rings. The van der Waals surface area contributed by atoms with Crippen LogP contribution in [0.1, 0.15) is 11.1 Å². The fourth-order valence-corrected chi connectivity index (χ4v) is 1.75. The molecule has 0 saturated carbocycles. The van der Waals surface area contributed by atoms with Crippen molar-refractivity contribution in [3.05, 3.63) is 64.4 Å². The van der Waals surface area contributed by atoms with E-state index in [0.29, 0.717) is 11.3 Å². The molecule has 0 fully saturated rings. The first-order valence-corrected chi connectivity index (χ1v) is 5.96. The Kier molecular flexibility index (Phi) is 4.02. The van der Waals surface area contributed by atoms with Gasteiger partial charge in [0.25, 0.3) is 0 Å². The second-order valence-electron chi connectivity index (χ2n) is 3.94. The smallest absolute Gasteiger partial charge is 0.145 e. The molecule has 98 valence electrons. The number of ether oxygens (including phenoxy) is 1. The highest BCUT2D eigenvalue weighted by atomic mass is 35.5. The zero-order chi connectivity index (χ0) is 13.8. The van der Waals surface area contributed by atoms with Gasteiger partial charge in [0.2, 0.25) is 0 Å². The number of halogens is 2. The van der Waals surface area contributed by atoms with Crippen LogP contribution >= 0.6 is 11.6 Å². The van der Waals surface area contributed by atoms with Gasteiger partial charge in [-0.15, -0.1) is 0 Å². The average Bonchev–Trinajstić information content (AvgIpc) is 2.40. The Hall–Kier alpha value is -2.07. The van der Waals surface area contributed by atoms with Crippen molar-refractivity contribution in [1.29, 1.82) is 5.41 Å². The van der Waals surface area contributed by atoms with E-state index in [1.54, 1.807) is 18.2 Å². The minimum Gasteiger partial charge on any atom is -0.489 e. The zero-order valence-electron chi connectivity index (χ0n) is 9.99. The Labute approximate surface area is 115 Å². The maximum atomic E-state index is 13.2. The molecule has 0 aliphatic carbocycles. The Morgan fingerprint density at radius 1 is 1.26 bits per heavy atom. The Morgan fingerprint density at radius 2 is 2.00 bits per heavy atom. The standard InChI is InChI=1S/C14H12ClFN2O/c15-12-6-5-10(7-13(12)16)19-8-9-3-1-2-4-11(9)14(17)18/h1-7H,8H2,(H3,17,18). The van der Waals surface area contributed by atoms with Crippen molar-refractivity contribution >= 4 is 17.4 Å². The summed E-state index contributed by atoms with van der Waals surface area (Å²) in [5.74, 6) is -0.180. The molecule has 19 heavy (non-hydrogen) atoms. The molecule has 0 radical (unpaired) electrons. The topological polar surface area (TPSA) is 59.1 Å². The molecule has 0 unspecified atom stereocenters. The predicted octanol–water partition coefficient (Wildman–Crippen LogP) is 3.34. The number of hydrogen-bond acceptors (Lipinski definition) is 2. The normalized spacial score (nSPS) is 10.2. The van der Waals surface area contributed by atoms with Gasteiger partial charge in [-0.25, -0.2) is 4.39 Å². The highest BCUT2D eigenvalue weighted by Gasteiger charge is 2.06. The van der Waals surface area contributed by atoms with Crippen LogP contribution < -0.4 is 10.5 Å². The van der Waals surface area contributed by atoms with Crippen LogP contribution in [0.15, 0.2) is 42.5 Å². The predicted molar refractivity (Wildman–Crippen MR) is 73.2 cm³/mol. The monoisotopic (exact) mass is 278 g/mol. The van der Waals surface area contributed by atoms with Crippen molar-refractivity contribution in [2.24, 2.45) is 5.73 Å². The molecule has 3 N–H and O–H groups in total. The lowest BCUT2D eigenvalue weighted by Gasteiger charge is -2.10. The summed E-state index contributed by atoms with van der Waals surface area (Å²) in [7, 11) is 0. The van der Waals surface area contributed by atoms with Gasteiger partial charge in [0, 0.05) is 17.2 Å². The van der Waals surface area contributed by atoms with E-state index in [1.165, 1.54) is 12.1 Å². The zero-order valence-corrected chi connectivity index (χ0v) is 10.7. The lowest BCUT2D eigenvalue weighted by molar-refractivity contribution is 0.304. The van der Waals surface area contributed by atoms with Crippen molar-refractivity contribution in [2.45, 2.75) is 6.61 Å². The summed E-state index contributed by atoms with van der Waals surface area (Å²) in [4.78, 5) is 0. The quantitative estimate of drug-likeness (QED) is 0.666. The molecule has 0 heterocycles. The van der Waals surface area contributed by atoms with Gasteiger partial charge in [0.05, 0.1) is 5.02 Å². The molecule has 0 saturated heterocycles. The van der Waals surface area contributed by atoms with Gasteiger partial charge >= 0.3 is 0 Å². The molecule has 0 amide bonds. The minimum atomic E-state index is -0.529. The molecular formula is C14H12ClFN2O. The van der Waals surface area contributed by atoms with E-state index >= 15 is 0 Å². The average molecular weight is 279 g/mol. The molecule has 0 aliphatic heterocycles. The molecule has 0 spiro atoms. The molecule has 0 bridgehead atoms. The fraction of sp³-hybridized carbons (Fsp3) is 0.0714. The highest BCUT2D eigenvalue weighted by molar-refractivity contribution is 6.30. The van der Waals surface area contributed by atoms with E-state index in [4.69, 9.17) is 27.5 Å². The summed E-state index contributed by atoms with van der Waals surface area (Å²) < 4.78 is 18.7. The molecule has 2 aromatic carbocycles. The van der Waals surface area contributed by atoms with E-state index in [2.05, 4.69) is 0 Å². The first-order valence-electron chi connectivity index (χ1n) is 5.58. The summed E-state index contributed by atoms with van der Waals surface area (Å²) in [6, 6.07) is 11.4. The van der Waals surface area contributed by atoms with Crippen molar-refractivity contribution < 1.29 is 9.13 Å². The van der Waals surface area contributed by atoms with E-state index in [0.717, 1.165) is 5.56 Å². The largest absolute Gasteiger partial charge is 0.489 e. The second kappa shape index (κ2) is 5.71. The fourth-order valence-electron chi connectivity index (χ4n) is 1.64. The molecule has 2 rings (SSSR count). The third-order valence-electron chi connectivity index (χ3n) is 2.59. The first-order chi connectivity index (χ1) is 9.08. The molecule has 0 aromatic heterocycles. The third kappa shape index (κ3) is 3.23. The summed E-state index contributed by atoms with van der Waals surface area (Å²) in [6.45, 7) is 0.205. The minimum absolute atomic E-state index is 0.0264. The van der Waals surface area contributed by atoms with E-state index < -0.39 is 5.82 Å². The van der Waals surface area contributed by atoms with E-state index in [-0.39, 0.29) is 17.5 Å². The van der Waals surface area contributed by atoms with Gasteiger partial charge in [-0.05, 0) is 12.1 Å². The molecular weight excluding hydrogens is 267 g/mol. The SMILES string of the molecule is N=C(N)c1ccccc1COc1ccc(Cl)c(F)c1. The second-order valence-corrected chi connectivity index (χ2v) is 4.34. The van der Waals surface area contributed by atoms with Crippen LogP contribution in [-0.4, -0.2) is 5.84 Å². The van der Waals surface area contributed by atoms with E-state index in [1.807, 2.05) is 12.1 Å². The summed E-state index contributed by atoms with van der Waals surface area (Å²) in [6.07, 6.45) is 0. The van der Waals surface area contributed by atoms with Crippen molar-refractivity contribution in [3.8, 4) is 5.75 Å². The highest BCUT2D eigenvalue weighted by Crippen LogP contribution is 2.21. The first kappa shape index (κ1) is 13.4. The van der Waals surface area contributed by atoms with Crippen LogP contribution in [-0.2, 0) is 6.61 Å². The number of nitrogens with one attached hydrogen (secondary N) is 1. The van der Waals surface area contributed by atoms with Gasteiger partial charge in [-0.3, -0.25) is 5.41 Å². The lowest BCUT2D eigenvalue weighted by atomic mass is 10.1. The van der Waals surface area contributed by atoms with Crippen LogP contribution in [0, 0.1) is 11.2 Å². The molecule has 0 atom stereocenters. The number of nitrogens with two attached hydrogens (primary N) is 1. The van der Waals surface area contributed by atoms with E-state index in [9.17, 15) is 4.39 Å². The number of rotatable bonds is 4. The van der Waals surface area contributed by atoms with Gasteiger partial charge in [-0.1, -0.05) is 35.9 Å². The summed E-state index contributed by atoms with van der Waals surface area (Å²) in [5, 5.41) is 7.52. The van der Waals surface area contributed by atoms with Crippen LogP contribution in [0.5, 0.6) is 5.75 Å². The molecule has 3 nitrogen and oxygen atoms in total. The Balaban J connectivity index is 2.14. The van der Waals surface area contributed by atoms with Crippen LogP contribution in [0.4, 0.5) is 4.39 Å². The van der Waals surface area contributed by atoms with Crippen LogP contribution in [0.25, 0.3) is 0 Å². The lowest BCUT2D eigenvalue weighted by Crippen LogP contribution is -2.14. The summed E-state index contributed by atoms with van der Waals surface area (Å²) >= 11 is 5.59. The van der Waals surface area contributed by atoms with Gasteiger partial charge in [-0.2, -0.15) is 0 Å². The Morgan fingerprint density at radius 3 is 2.68 bits per heavy atom. The van der Waals surface area contributed by atoms with Gasteiger partial charge < -0.3 is 10.5 Å². The molecule has 2 aromatic rings. The number of benzene rings is 2. The third-order valence-corrected chi connectivity index (χ3v) is 2.90. The number of hydrogen-bond donors (Lipinski definition) is 2. The van der Waals surface area contributed by atoms with Crippen LogP contribution in [0.2, 0.25) is 5.02 Å². The van der Waals surface area contributed by atoms with Gasteiger partial charge in [0.1, 0.15) is 24.0 Å². The van der Waals surface area contributed by atoms with Crippen molar-refractivity contribution in [1.82, 2.24) is 0 Å². The maximum absolute atomic E-state index is 13.2. The van der Waals surface area contributed by atoms with Crippen molar-refractivity contribution in [3.63, 3.8) is 0 Å². The summed E-state index contributed by atoms with van der Waals surface area (Å²) in [5.41, 5.74) is 6.85. The molecule has 5 heteroatoms. The van der Waals surface area contributed by atoms with Crippen molar-refractivity contribution in [2.75, 3.05) is 0 Å². The van der Waals surface area contributed by atoms with Gasteiger partial charge in [0.15, 0.2) is 0 Å². The van der Waals surface area contributed by atoms with Crippen LogP contribution in [0.3, 0.4) is 0 Å².